The number of aromatic nitrogens is 2. The van der Waals surface area contributed by atoms with Gasteiger partial charge in [0.05, 0.1) is 6.10 Å². The quantitative estimate of drug-likeness (QED) is 0.685. The smallest absolute Gasteiger partial charge is 0.232 e. The van der Waals surface area contributed by atoms with Crippen molar-refractivity contribution >= 4 is 34.9 Å². The molecule has 30 heavy (non-hydrogen) atoms. The molecule has 4 rings (SSSR count). The van der Waals surface area contributed by atoms with E-state index in [0.717, 1.165) is 63.8 Å². The van der Waals surface area contributed by atoms with Crippen LogP contribution in [0.3, 0.4) is 0 Å². The Bertz CT molecular complexity index is 683. The highest BCUT2D eigenvalue weighted by molar-refractivity contribution is 7.80. The van der Waals surface area contributed by atoms with Crippen LogP contribution in [0.15, 0.2) is 6.07 Å². The fourth-order valence-electron chi connectivity index (χ4n) is 4.66. The Hall–Kier alpha value is -1.67. The van der Waals surface area contributed by atoms with Crippen LogP contribution in [0.2, 0.25) is 0 Å². The van der Waals surface area contributed by atoms with Crippen molar-refractivity contribution in [3.63, 3.8) is 0 Å². The Balaban J connectivity index is 1.49. The summed E-state index contributed by atoms with van der Waals surface area (Å²) in [6, 6.07) is 2.18. The summed E-state index contributed by atoms with van der Waals surface area (Å²) in [5.41, 5.74) is 0. The zero-order chi connectivity index (χ0) is 20.8. The maximum Gasteiger partial charge on any atom is 0.232 e. The van der Waals surface area contributed by atoms with Crippen molar-refractivity contribution in [2.75, 3.05) is 54.4 Å². The molecule has 166 valence electrons. The molecule has 2 atom stereocenters. The first-order chi connectivity index (χ1) is 14.7. The fraction of sp³-hybridized carbons (Fsp3) is 0.773. The Morgan fingerprint density at radius 3 is 2.47 bits per heavy atom. The number of hydrogen-bond donors (Lipinski definition) is 2. The van der Waals surface area contributed by atoms with Gasteiger partial charge >= 0.3 is 0 Å². The Kier molecular flexibility index (Phi) is 7.60. The van der Waals surface area contributed by atoms with Crippen LogP contribution in [0.1, 0.15) is 58.3 Å². The summed E-state index contributed by atoms with van der Waals surface area (Å²) < 4.78 is 5.68. The van der Waals surface area contributed by atoms with Gasteiger partial charge in [-0.1, -0.05) is 19.8 Å². The third-order valence-corrected chi connectivity index (χ3v) is 6.60. The van der Waals surface area contributed by atoms with Crippen molar-refractivity contribution in [1.29, 1.82) is 0 Å². The monoisotopic (exact) mass is 432 g/mol. The minimum Gasteiger partial charge on any atom is -0.376 e. The fourth-order valence-corrected chi connectivity index (χ4v) is 4.83. The van der Waals surface area contributed by atoms with E-state index in [4.69, 9.17) is 26.9 Å². The van der Waals surface area contributed by atoms with Gasteiger partial charge in [-0.25, -0.2) is 0 Å². The first-order valence-electron chi connectivity index (χ1n) is 11.7. The zero-order valence-electron chi connectivity index (χ0n) is 18.2. The van der Waals surface area contributed by atoms with Crippen molar-refractivity contribution in [3.05, 3.63) is 6.07 Å². The van der Waals surface area contributed by atoms with Crippen molar-refractivity contribution in [2.45, 2.75) is 64.4 Å². The molecule has 0 aromatic carbocycles. The van der Waals surface area contributed by atoms with Crippen LogP contribution in [0, 0.1) is 5.92 Å². The van der Waals surface area contributed by atoms with Crippen molar-refractivity contribution in [3.8, 4) is 0 Å². The normalized spacial score (nSPS) is 25.1. The molecule has 0 amide bonds. The van der Waals surface area contributed by atoms with Gasteiger partial charge in [0.15, 0.2) is 5.11 Å². The number of thiocarbonyl (C=S) groups is 1. The highest BCUT2D eigenvalue weighted by atomic mass is 32.1. The molecular formula is C22H36N6OS. The molecule has 1 aromatic rings. The van der Waals surface area contributed by atoms with Crippen LogP contribution in [0.4, 0.5) is 17.6 Å². The van der Waals surface area contributed by atoms with Gasteiger partial charge in [-0.15, -0.1) is 0 Å². The van der Waals surface area contributed by atoms with Crippen LogP contribution in [-0.4, -0.2) is 60.5 Å². The summed E-state index contributed by atoms with van der Waals surface area (Å²) in [6.07, 6.45) is 10.0. The highest BCUT2D eigenvalue weighted by Gasteiger charge is 2.21. The number of hydrogen-bond acceptors (Lipinski definition) is 6. The van der Waals surface area contributed by atoms with Crippen LogP contribution in [0.25, 0.3) is 0 Å². The van der Waals surface area contributed by atoms with E-state index in [2.05, 4.69) is 33.4 Å². The van der Waals surface area contributed by atoms with Gasteiger partial charge in [-0.05, 0) is 56.7 Å². The second-order valence-electron chi connectivity index (χ2n) is 8.97. The lowest BCUT2D eigenvalue weighted by Gasteiger charge is -2.33. The lowest BCUT2D eigenvalue weighted by molar-refractivity contribution is 0.114. The maximum absolute atomic E-state index is 5.68. The second-order valence-corrected chi connectivity index (χ2v) is 9.38. The predicted molar refractivity (Wildman–Crippen MR) is 127 cm³/mol. The number of nitrogens with one attached hydrogen (secondary N) is 2. The van der Waals surface area contributed by atoms with Crippen LogP contribution < -0.4 is 20.4 Å². The predicted octanol–water partition coefficient (Wildman–Crippen LogP) is 3.56. The molecule has 3 aliphatic rings. The van der Waals surface area contributed by atoms with E-state index in [1.165, 1.54) is 38.5 Å². The third kappa shape index (κ3) is 5.94. The molecule has 2 N–H and O–H groups in total. The minimum atomic E-state index is 0.250. The van der Waals surface area contributed by atoms with Crippen LogP contribution in [0.5, 0.6) is 0 Å². The van der Waals surface area contributed by atoms with Crippen LogP contribution >= 0.6 is 12.2 Å². The summed E-state index contributed by atoms with van der Waals surface area (Å²) in [4.78, 5) is 14.5. The second kappa shape index (κ2) is 10.6. The molecule has 1 aromatic heterocycles. The van der Waals surface area contributed by atoms with E-state index in [-0.39, 0.29) is 6.10 Å². The van der Waals surface area contributed by atoms with E-state index in [9.17, 15) is 0 Å². The lowest BCUT2D eigenvalue weighted by atomic mass is 10.0. The van der Waals surface area contributed by atoms with Gasteiger partial charge in [0.1, 0.15) is 11.6 Å². The SMILES string of the molecule is C[C@H]1CCCN(c2cc(N3CCCCCC3)nc(NC(=S)NC[C@H]3CCCO3)n2)C1. The molecule has 0 saturated carbocycles. The Morgan fingerprint density at radius 2 is 1.77 bits per heavy atom. The molecule has 7 nitrogen and oxygen atoms in total. The summed E-state index contributed by atoms with van der Waals surface area (Å²) in [7, 11) is 0. The lowest BCUT2D eigenvalue weighted by Crippen LogP contribution is -2.37. The third-order valence-electron chi connectivity index (χ3n) is 6.35. The maximum atomic E-state index is 5.68. The summed E-state index contributed by atoms with van der Waals surface area (Å²) in [5.74, 6) is 3.32. The van der Waals surface area contributed by atoms with Crippen molar-refractivity contribution < 1.29 is 4.74 Å². The zero-order valence-corrected chi connectivity index (χ0v) is 19.1. The molecule has 0 radical (unpaired) electrons. The van der Waals surface area contributed by atoms with Gasteiger partial charge < -0.3 is 25.2 Å². The van der Waals surface area contributed by atoms with Gasteiger partial charge in [0, 0.05) is 45.4 Å². The minimum absolute atomic E-state index is 0.250. The molecule has 3 fully saturated rings. The molecule has 0 spiro atoms. The topological polar surface area (TPSA) is 65.5 Å². The molecule has 4 heterocycles. The summed E-state index contributed by atoms with van der Waals surface area (Å²) >= 11 is 5.53. The summed E-state index contributed by atoms with van der Waals surface area (Å²) in [5, 5.41) is 7.08. The average molecular weight is 433 g/mol. The first-order valence-corrected chi connectivity index (χ1v) is 12.1. The Morgan fingerprint density at radius 1 is 1.03 bits per heavy atom. The number of nitrogens with zero attached hydrogens (tertiary/aromatic N) is 4. The van der Waals surface area contributed by atoms with Gasteiger partial charge in [0.2, 0.25) is 5.95 Å². The van der Waals surface area contributed by atoms with Gasteiger partial charge in [-0.3, -0.25) is 0 Å². The van der Waals surface area contributed by atoms with Crippen molar-refractivity contribution in [2.24, 2.45) is 5.92 Å². The molecule has 8 heteroatoms. The highest BCUT2D eigenvalue weighted by Crippen LogP contribution is 2.27. The molecule has 0 aliphatic carbocycles. The molecular weight excluding hydrogens is 396 g/mol. The van der Waals surface area contributed by atoms with Crippen LogP contribution in [-0.2, 0) is 4.74 Å². The van der Waals surface area contributed by atoms with E-state index in [1.807, 2.05) is 0 Å². The molecule has 0 unspecified atom stereocenters. The number of rotatable bonds is 5. The number of anilines is 3. The summed E-state index contributed by atoms with van der Waals surface area (Å²) in [6.45, 7) is 8.15. The molecule has 0 bridgehead atoms. The van der Waals surface area contributed by atoms with E-state index in [1.54, 1.807) is 0 Å². The number of ether oxygens (including phenoxy) is 1. The van der Waals surface area contributed by atoms with E-state index >= 15 is 0 Å². The standard InChI is InChI=1S/C22H36N6OS/c1-17-8-6-12-28(16-17)20-14-19(27-10-4-2-3-5-11-27)24-21(25-20)26-22(30)23-15-18-9-7-13-29-18/h14,17-18H,2-13,15-16H2,1H3,(H2,23,24,25,26,30)/t17-,18+/m0/s1. The Labute approximate surface area is 186 Å². The van der Waals surface area contributed by atoms with E-state index < -0.39 is 0 Å². The van der Waals surface area contributed by atoms with Crippen molar-refractivity contribution in [1.82, 2.24) is 15.3 Å². The van der Waals surface area contributed by atoms with Gasteiger partial charge in [0.25, 0.3) is 0 Å². The van der Waals surface area contributed by atoms with E-state index in [0.29, 0.717) is 17.0 Å². The average Bonchev–Trinajstić information content (AvgIpc) is 3.12. The molecule has 3 aliphatic heterocycles. The van der Waals surface area contributed by atoms with Gasteiger partial charge in [-0.2, -0.15) is 9.97 Å². The number of piperidine rings is 1. The largest absolute Gasteiger partial charge is 0.376 e. The first kappa shape index (κ1) is 21.6. The molecule has 3 saturated heterocycles.